The van der Waals surface area contributed by atoms with Crippen LogP contribution in [-0.4, -0.2) is 33.7 Å². The molecule has 0 aliphatic carbocycles. The number of aryl methyl sites for hydroxylation is 1. The van der Waals surface area contributed by atoms with Crippen LogP contribution in [0.15, 0.2) is 58.3 Å². The predicted molar refractivity (Wildman–Crippen MR) is 120 cm³/mol. The Labute approximate surface area is 188 Å². The van der Waals surface area contributed by atoms with E-state index in [0.29, 0.717) is 40.3 Å². The molecule has 0 aliphatic heterocycles. The van der Waals surface area contributed by atoms with Gasteiger partial charge in [0.2, 0.25) is 11.8 Å². The van der Waals surface area contributed by atoms with Crippen LogP contribution in [0.25, 0.3) is 22.9 Å². The summed E-state index contributed by atoms with van der Waals surface area (Å²) in [6.07, 6.45) is 0.0730. The Morgan fingerprint density at radius 1 is 1.06 bits per heavy atom. The molecule has 0 atom stereocenters. The van der Waals surface area contributed by atoms with Gasteiger partial charge in [-0.3, -0.25) is 14.9 Å². The van der Waals surface area contributed by atoms with Crippen molar-refractivity contribution >= 4 is 28.3 Å². The van der Waals surface area contributed by atoms with Gasteiger partial charge in [0.15, 0.2) is 5.13 Å². The molecule has 1 amide bonds. The number of rotatable bonds is 7. The number of hydrogen-bond acceptors (Lipinski definition) is 8. The first-order valence-electron chi connectivity index (χ1n) is 9.95. The molecule has 2 aromatic heterocycles. The van der Waals surface area contributed by atoms with E-state index in [2.05, 4.69) is 20.5 Å². The lowest BCUT2D eigenvalue weighted by Crippen LogP contribution is -2.12. The van der Waals surface area contributed by atoms with Crippen LogP contribution >= 0.6 is 11.3 Å². The highest BCUT2D eigenvalue weighted by Gasteiger charge is 2.14. The van der Waals surface area contributed by atoms with Crippen LogP contribution in [0.5, 0.6) is 0 Å². The molecule has 162 valence electrons. The molecule has 0 aliphatic rings. The fourth-order valence-corrected chi connectivity index (χ4v) is 3.71. The number of benzene rings is 2. The van der Waals surface area contributed by atoms with E-state index < -0.39 is 0 Å². The van der Waals surface area contributed by atoms with E-state index in [9.17, 15) is 9.59 Å². The van der Waals surface area contributed by atoms with Crippen LogP contribution in [0.2, 0.25) is 0 Å². The molecule has 4 aromatic rings. The molecule has 4 rings (SSSR count). The molecule has 0 saturated heterocycles. The van der Waals surface area contributed by atoms with E-state index >= 15 is 0 Å². The van der Waals surface area contributed by atoms with Gasteiger partial charge >= 0.3 is 5.97 Å². The second-order valence-electron chi connectivity index (χ2n) is 6.88. The second-order valence-corrected chi connectivity index (χ2v) is 7.74. The lowest BCUT2D eigenvalue weighted by atomic mass is 10.1. The molecule has 32 heavy (non-hydrogen) atoms. The predicted octanol–water partition coefficient (Wildman–Crippen LogP) is 4.53. The quantitative estimate of drug-likeness (QED) is 0.414. The third-order valence-electron chi connectivity index (χ3n) is 4.60. The average molecular weight is 449 g/mol. The number of amides is 1. The van der Waals surface area contributed by atoms with E-state index in [-0.39, 0.29) is 18.3 Å². The highest BCUT2D eigenvalue weighted by atomic mass is 32.1. The summed E-state index contributed by atoms with van der Waals surface area (Å²) in [5.74, 6) is 0.165. The number of carbonyl (C=O) groups is 2. The summed E-state index contributed by atoms with van der Waals surface area (Å²) in [6, 6.07) is 14.6. The van der Waals surface area contributed by atoms with Gasteiger partial charge in [-0.15, -0.1) is 21.5 Å². The van der Waals surface area contributed by atoms with E-state index in [1.165, 1.54) is 11.3 Å². The van der Waals surface area contributed by atoms with Crippen molar-refractivity contribution in [3.63, 3.8) is 0 Å². The number of carbonyl (C=O) groups excluding carboxylic acids is 2. The number of anilines is 1. The van der Waals surface area contributed by atoms with Crippen LogP contribution < -0.4 is 5.32 Å². The standard InChI is InChI=1S/C23H20N4O4S/c1-3-30-19(28)12-17-13-32-23(24-17)25-20(29)15-8-10-16(11-9-15)21-26-27-22(31-21)18-7-5-4-6-14(18)2/h4-11,13H,3,12H2,1-2H3,(H,24,25,29). The van der Waals surface area contributed by atoms with Crippen molar-refractivity contribution < 1.29 is 18.7 Å². The summed E-state index contributed by atoms with van der Waals surface area (Å²) in [5, 5.41) is 13.1. The van der Waals surface area contributed by atoms with Crippen LogP contribution in [0, 0.1) is 6.92 Å². The molecule has 2 heterocycles. The zero-order valence-electron chi connectivity index (χ0n) is 17.5. The maximum atomic E-state index is 12.5. The first-order valence-corrected chi connectivity index (χ1v) is 10.8. The monoisotopic (exact) mass is 448 g/mol. The van der Waals surface area contributed by atoms with Crippen molar-refractivity contribution in [2.75, 3.05) is 11.9 Å². The average Bonchev–Trinajstić information content (AvgIpc) is 3.44. The van der Waals surface area contributed by atoms with Crippen molar-refractivity contribution in [2.24, 2.45) is 0 Å². The zero-order chi connectivity index (χ0) is 22.5. The first-order chi connectivity index (χ1) is 15.5. The Morgan fingerprint density at radius 2 is 1.81 bits per heavy atom. The lowest BCUT2D eigenvalue weighted by Gasteiger charge is -2.03. The summed E-state index contributed by atoms with van der Waals surface area (Å²) in [4.78, 5) is 28.3. The van der Waals surface area contributed by atoms with Crippen molar-refractivity contribution in [1.29, 1.82) is 0 Å². The fourth-order valence-electron chi connectivity index (χ4n) is 3.00. The second kappa shape index (κ2) is 9.52. The van der Waals surface area contributed by atoms with Gasteiger partial charge in [0.25, 0.3) is 5.91 Å². The molecule has 1 N–H and O–H groups in total. The number of ether oxygens (including phenoxy) is 1. The largest absolute Gasteiger partial charge is 0.466 e. The molecule has 0 saturated carbocycles. The Morgan fingerprint density at radius 3 is 2.56 bits per heavy atom. The SMILES string of the molecule is CCOC(=O)Cc1csc(NC(=O)c2ccc(-c3nnc(-c4ccccc4C)o3)cc2)n1. The van der Waals surface area contributed by atoms with E-state index in [4.69, 9.17) is 9.15 Å². The minimum atomic E-state index is -0.349. The molecule has 8 nitrogen and oxygen atoms in total. The first kappa shape index (κ1) is 21.4. The van der Waals surface area contributed by atoms with Crippen LogP contribution in [0.4, 0.5) is 5.13 Å². The highest BCUT2D eigenvalue weighted by molar-refractivity contribution is 7.14. The Balaban J connectivity index is 1.42. The van der Waals surface area contributed by atoms with Crippen molar-refractivity contribution in [3.8, 4) is 22.9 Å². The van der Waals surface area contributed by atoms with Gasteiger partial charge in [-0.1, -0.05) is 18.2 Å². The van der Waals surface area contributed by atoms with E-state index in [1.54, 1.807) is 36.6 Å². The molecule has 2 aromatic carbocycles. The molecular weight excluding hydrogens is 428 g/mol. The number of esters is 1. The summed E-state index contributed by atoms with van der Waals surface area (Å²) >= 11 is 1.25. The Kier molecular flexibility index (Phi) is 6.37. The normalized spacial score (nSPS) is 10.7. The zero-order valence-corrected chi connectivity index (χ0v) is 18.3. The molecule has 0 unspecified atom stereocenters. The van der Waals surface area contributed by atoms with Gasteiger partial charge in [-0.25, -0.2) is 4.98 Å². The number of hydrogen-bond donors (Lipinski definition) is 1. The number of nitrogens with zero attached hydrogens (tertiary/aromatic N) is 3. The van der Waals surface area contributed by atoms with Crippen molar-refractivity contribution in [1.82, 2.24) is 15.2 Å². The summed E-state index contributed by atoms with van der Waals surface area (Å²) in [7, 11) is 0. The minimum Gasteiger partial charge on any atom is -0.466 e. The van der Waals surface area contributed by atoms with Crippen molar-refractivity contribution in [2.45, 2.75) is 20.3 Å². The van der Waals surface area contributed by atoms with Gasteiger partial charge in [-0.05, 0) is 49.7 Å². The summed E-state index contributed by atoms with van der Waals surface area (Å²) in [6.45, 7) is 4.05. The molecule has 0 bridgehead atoms. The summed E-state index contributed by atoms with van der Waals surface area (Å²) < 4.78 is 10.7. The number of thiazole rings is 1. The van der Waals surface area contributed by atoms with E-state index in [1.807, 2.05) is 31.2 Å². The third kappa shape index (κ3) is 4.89. The van der Waals surface area contributed by atoms with Gasteiger partial charge in [0, 0.05) is 22.1 Å². The fraction of sp³-hybridized carbons (Fsp3) is 0.174. The van der Waals surface area contributed by atoms with Crippen LogP contribution in [-0.2, 0) is 16.0 Å². The number of aromatic nitrogens is 3. The topological polar surface area (TPSA) is 107 Å². The molecule has 0 fully saturated rings. The molecule has 9 heteroatoms. The number of nitrogens with one attached hydrogen (secondary N) is 1. The summed E-state index contributed by atoms with van der Waals surface area (Å²) in [5.41, 5.74) is 3.64. The van der Waals surface area contributed by atoms with Crippen molar-refractivity contribution in [3.05, 3.63) is 70.7 Å². The lowest BCUT2D eigenvalue weighted by molar-refractivity contribution is -0.142. The van der Waals surface area contributed by atoms with Gasteiger partial charge in [-0.2, -0.15) is 0 Å². The molecular formula is C23H20N4O4S. The minimum absolute atomic E-state index is 0.0730. The molecule has 0 spiro atoms. The third-order valence-corrected chi connectivity index (χ3v) is 5.40. The Bertz CT molecular complexity index is 1250. The smallest absolute Gasteiger partial charge is 0.311 e. The maximum absolute atomic E-state index is 12.5. The van der Waals surface area contributed by atoms with Gasteiger partial charge < -0.3 is 9.15 Å². The Hall–Kier alpha value is -3.85. The van der Waals surface area contributed by atoms with Gasteiger partial charge in [0.1, 0.15) is 0 Å². The molecule has 0 radical (unpaired) electrons. The van der Waals surface area contributed by atoms with E-state index in [0.717, 1.165) is 11.1 Å². The van der Waals surface area contributed by atoms with Crippen LogP contribution in [0.1, 0.15) is 28.5 Å². The van der Waals surface area contributed by atoms with Crippen LogP contribution in [0.3, 0.4) is 0 Å². The van der Waals surface area contributed by atoms with Gasteiger partial charge in [0.05, 0.1) is 18.7 Å². The highest BCUT2D eigenvalue weighted by Crippen LogP contribution is 2.26. The maximum Gasteiger partial charge on any atom is 0.311 e.